The highest BCUT2D eigenvalue weighted by Gasteiger charge is 2.14. The Morgan fingerprint density at radius 3 is 3.00 bits per heavy atom. The number of hydrogen-bond donors (Lipinski definition) is 1. The molecule has 1 unspecified atom stereocenters. The third-order valence-electron chi connectivity index (χ3n) is 2.83. The Kier molecular flexibility index (Phi) is 4.22. The summed E-state index contributed by atoms with van der Waals surface area (Å²) < 4.78 is 5.55. The van der Waals surface area contributed by atoms with E-state index < -0.39 is 0 Å². The van der Waals surface area contributed by atoms with Crippen LogP contribution < -0.4 is 5.32 Å². The molecule has 0 amide bonds. The molecule has 0 saturated carbocycles. The van der Waals surface area contributed by atoms with Crippen LogP contribution in [0.3, 0.4) is 0 Å². The van der Waals surface area contributed by atoms with Gasteiger partial charge in [-0.25, -0.2) is 0 Å². The topological polar surface area (TPSA) is 21.3 Å². The summed E-state index contributed by atoms with van der Waals surface area (Å²) in [6, 6.07) is 6.15. The van der Waals surface area contributed by atoms with Crippen molar-refractivity contribution >= 4 is 11.6 Å². The van der Waals surface area contributed by atoms with E-state index in [0.717, 1.165) is 24.7 Å². The first-order chi connectivity index (χ1) is 7.74. The number of halogens is 1. The molecule has 0 spiro atoms. The van der Waals surface area contributed by atoms with Crippen molar-refractivity contribution in [3.8, 4) is 0 Å². The van der Waals surface area contributed by atoms with Crippen LogP contribution in [0.5, 0.6) is 0 Å². The van der Waals surface area contributed by atoms with Gasteiger partial charge in [0, 0.05) is 24.7 Å². The van der Waals surface area contributed by atoms with Gasteiger partial charge in [0.2, 0.25) is 0 Å². The molecule has 1 atom stereocenters. The summed E-state index contributed by atoms with van der Waals surface area (Å²) in [4.78, 5) is 0. The van der Waals surface area contributed by atoms with Crippen molar-refractivity contribution in [3.63, 3.8) is 0 Å². The predicted molar refractivity (Wildman–Crippen MR) is 66.9 cm³/mol. The molecule has 1 N–H and O–H groups in total. The van der Waals surface area contributed by atoms with Gasteiger partial charge in [0.05, 0.1) is 6.10 Å². The van der Waals surface area contributed by atoms with Crippen LogP contribution in [-0.2, 0) is 11.3 Å². The number of hydrogen-bond acceptors (Lipinski definition) is 2. The molecule has 1 fully saturated rings. The minimum Gasteiger partial charge on any atom is -0.377 e. The predicted octanol–water partition coefficient (Wildman–Crippen LogP) is 2.92. The number of nitrogens with one attached hydrogen (secondary N) is 1. The van der Waals surface area contributed by atoms with Crippen molar-refractivity contribution in [3.05, 3.63) is 34.3 Å². The van der Waals surface area contributed by atoms with Crippen LogP contribution in [-0.4, -0.2) is 19.3 Å². The Balaban J connectivity index is 1.80. The van der Waals surface area contributed by atoms with Gasteiger partial charge in [-0.1, -0.05) is 17.7 Å². The highest BCUT2D eigenvalue weighted by molar-refractivity contribution is 6.30. The van der Waals surface area contributed by atoms with Crippen LogP contribution >= 0.6 is 11.6 Å². The Morgan fingerprint density at radius 1 is 1.44 bits per heavy atom. The van der Waals surface area contributed by atoms with E-state index in [0.29, 0.717) is 6.10 Å². The van der Waals surface area contributed by atoms with Crippen molar-refractivity contribution in [2.24, 2.45) is 0 Å². The van der Waals surface area contributed by atoms with E-state index in [-0.39, 0.29) is 0 Å². The fraction of sp³-hybridized carbons (Fsp3) is 0.538. The zero-order valence-corrected chi connectivity index (χ0v) is 10.4. The lowest BCUT2D eigenvalue weighted by Gasteiger charge is -2.11. The molecular formula is C13H18ClNO. The summed E-state index contributed by atoms with van der Waals surface area (Å²) in [5.74, 6) is 0. The van der Waals surface area contributed by atoms with Gasteiger partial charge < -0.3 is 10.1 Å². The van der Waals surface area contributed by atoms with E-state index in [1.165, 1.54) is 24.0 Å². The monoisotopic (exact) mass is 239 g/mol. The Hall–Kier alpha value is -0.570. The second kappa shape index (κ2) is 5.67. The highest BCUT2D eigenvalue weighted by atomic mass is 35.5. The molecule has 0 radical (unpaired) electrons. The SMILES string of the molecule is Cc1cc(Cl)cc(CNCC2CCCO2)c1. The van der Waals surface area contributed by atoms with E-state index in [4.69, 9.17) is 16.3 Å². The normalized spacial score (nSPS) is 20.2. The smallest absolute Gasteiger partial charge is 0.0700 e. The number of ether oxygens (including phenoxy) is 1. The first-order valence-electron chi connectivity index (χ1n) is 5.82. The zero-order valence-electron chi connectivity index (χ0n) is 9.63. The molecule has 1 aromatic rings. The van der Waals surface area contributed by atoms with Gasteiger partial charge in [-0.2, -0.15) is 0 Å². The lowest BCUT2D eigenvalue weighted by molar-refractivity contribution is 0.110. The molecule has 1 heterocycles. The number of benzene rings is 1. The van der Waals surface area contributed by atoms with Gasteiger partial charge in [-0.15, -0.1) is 0 Å². The summed E-state index contributed by atoms with van der Waals surface area (Å²) in [6.07, 6.45) is 2.78. The maximum absolute atomic E-state index is 6.00. The first kappa shape index (κ1) is 11.9. The van der Waals surface area contributed by atoms with Gasteiger partial charge in [0.1, 0.15) is 0 Å². The molecule has 3 heteroatoms. The summed E-state index contributed by atoms with van der Waals surface area (Å²) >= 11 is 6.00. The van der Waals surface area contributed by atoms with Crippen molar-refractivity contribution in [1.29, 1.82) is 0 Å². The average molecular weight is 240 g/mol. The third kappa shape index (κ3) is 3.48. The van der Waals surface area contributed by atoms with Crippen molar-refractivity contribution in [2.45, 2.75) is 32.4 Å². The Bertz CT molecular complexity index is 328. The van der Waals surface area contributed by atoms with Crippen LogP contribution in [0.25, 0.3) is 0 Å². The minimum atomic E-state index is 0.403. The van der Waals surface area contributed by atoms with E-state index in [1.54, 1.807) is 0 Å². The molecule has 16 heavy (non-hydrogen) atoms. The second-order valence-corrected chi connectivity index (χ2v) is 4.84. The third-order valence-corrected chi connectivity index (χ3v) is 3.05. The summed E-state index contributed by atoms with van der Waals surface area (Å²) in [6.45, 7) is 4.78. The largest absolute Gasteiger partial charge is 0.377 e. The van der Waals surface area contributed by atoms with Crippen LogP contribution in [0.2, 0.25) is 5.02 Å². The maximum Gasteiger partial charge on any atom is 0.0700 e. The van der Waals surface area contributed by atoms with Crippen LogP contribution in [0.15, 0.2) is 18.2 Å². The van der Waals surface area contributed by atoms with Gasteiger partial charge in [-0.3, -0.25) is 0 Å². The lowest BCUT2D eigenvalue weighted by Crippen LogP contribution is -2.25. The van der Waals surface area contributed by atoms with E-state index in [2.05, 4.69) is 18.3 Å². The first-order valence-corrected chi connectivity index (χ1v) is 6.20. The summed E-state index contributed by atoms with van der Waals surface area (Å²) in [5.41, 5.74) is 2.45. The average Bonchev–Trinajstić information content (AvgIpc) is 2.69. The molecular weight excluding hydrogens is 222 g/mol. The fourth-order valence-corrected chi connectivity index (χ4v) is 2.41. The van der Waals surface area contributed by atoms with Gasteiger partial charge in [0.15, 0.2) is 0 Å². The number of aryl methyl sites for hydroxylation is 1. The molecule has 0 aromatic heterocycles. The van der Waals surface area contributed by atoms with Gasteiger partial charge in [-0.05, 0) is 43.0 Å². The van der Waals surface area contributed by atoms with E-state index >= 15 is 0 Å². The minimum absolute atomic E-state index is 0.403. The van der Waals surface area contributed by atoms with Gasteiger partial charge in [0.25, 0.3) is 0 Å². The lowest BCUT2D eigenvalue weighted by atomic mass is 10.1. The quantitative estimate of drug-likeness (QED) is 0.873. The molecule has 1 aromatic carbocycles. The van der Waals surface area contributed by atoms with Crippen molar-refractivity contribution < 1.29 is 4.74 Å². The second-order valence-electron chi connectivity index (χ2n) is 4.40. The number of rotatable bonds is 4. The molecule has 1 aliphatic heterocycles. The van der Waals surface area contributed by atoms with Crippen LogP contribution in [0.1, 0.15) is 24.0 Å². The van der Waals surface area contributed by atoms with Crippen molar-refractivity contribution in [2.75, 3.05) is 13.2 Å². The van der Waals surface area contributed by atoms with Crippen LogP contribution in [0, 0.1) is 6.92 Å². The Morgan fingerprint density at radius 2 is 2.31 bits per heavy atom. The molecule has 0 bridgehead atoms. The fourth-order valence-electron chi connectivity index (χ4n) is 2.10. The van der Waals surface area contributed by atoms with E-state index in [1.807, 2.05) is 12.1 Å². The highest BCUT2D eigenvalue weighted by Crippen LogP contribution is 2.15. The molecule has 2 nitrogen and oxygen atoms in total. The molecule has 0 aliphatic carbocycles. The molecule has 1 saturated heterocycles. The van der Waals surface area contributed by atoms with Crippen molar-refractivity contribution in [1.82, 2.24) is 5.32 Å². The summed E-state index contributed by atoms with van der Waals surface area (Å²) in [5, 5.41) is 4.23. The molecule has 1 aliphatic rings. The maximum atomic E-state index is 6.00. The van der Waals surface area contributed by atoms with E-state index in [9.17, 15) is 0 Å². The molecule has 2 rings (SSSR count). The zero-order chi connectivity index (χ0) is 11.4. The standard InChI is InChI=1S/C13H18ClNO/c1-10-5-11(7-12(14)6-10)8-15-9-13-3-2-4-16-13/h5-7,13,15H,2-4,8-9H2,1H3. The summed E-state index contributed by atoms with van der Waals surface area (Å²) in [7, 11) is 0. The van der Waals surface area contributed by atoms with Gasteiger partial charge >= 0.3 is 0 Å². The molecule has 88 valence electrons. The van der Waals surface area contributed by atoms with Crippen LogP contribution in [0.4, 0.5) is 0 Å². The Labute approximate surface area is 102 Å².